The van der Waals surface area contributed by atoms with Gasteiger partial charge in [0.25, 0.3) is 0 Å². The van der Waals surface area contributed by atoms with E-state index in [-0.39, 0.29) is 0 Å². The van der Waals surface area contributed by atoms with Crippen molar-refractivity contribution in [2.45, 2.75) is 0 Å². The highest BCUT2D eigenvalue weighted by Gasteiger charge is 1.90. The number of rotatable bonds is 2. The van der Waals surface area contributed by atoms with Crippen LogP contribution < -0.4 is 0 Å². The Hall–Kier alpha value is -1.91. The number of aromatic nitrogens is 4. The molecule has 12 heavy (non-hydrogen) atoms. The van der Waals surface area contributed by atoms with Crippen molar-refractivity contribution >= 4 is 12.2 Å². The Bertz CT molecular complexity index is 312. The van der Waals surface area contributed by atoms with E-state index >= 15 is 0 Å². The van der Waals surface area contributed by atoms with Gasteiger partial charge >= 0.3 is 0 Å². The molecule has 0 aromatic carbocycles. The summed E-state index contributed by atoms with van der Waals surface area (Å²) in [6, 6.07) is 0. The second-order valence-electron chi connectivity index (χ2n) is 2.13. The van der Waals surface area contributed by atoms with Gasteiger partial charge in [-0.3, -0.25) is 0 Å². The molecule has 60 valence electrons. The molecule has 0 fully saturated rings. The lowest BCUT2D eigenvalue weighted by Crippen LogP contribution is -1.73. The zero-order chi connectivity index (χ0) is 8.23. The van der Waals surface area contributed by atoms with Gasteiger partial charge in [0.2, 0.25) is 6.39 Å². The van der Waals surface area contributed by atoms with Crippen LogP contribution in [0.25, 0.3) is 12.2 Å². The van der Waals surface area contributed by atoms with Crippen LogP contribution in [0.1, 0.15) is 11.5 Å². The minimum absolute atomic E-state index is 0.546. The molecule has 1 N–H and O–H groups in total. The molecule has 5 nitrogen and oxygen atoms in total. The normalized spacial score (nSPS) is 11.0. The SMILES string of the molecule is C(=C\c1cnc[nH]1)/c1ncon1. The Morgan fingerprint density at radius 2 is 2.42 bits per heavy atom. The lowest BCUT2D eigenvalue weighted by Gasteiger charge is -1.79. The lowest BCUT2D eigenvalue weighted by molar-refractivity contribution is 0.415. The van der Waals surface area contributed by atoms with E-state index in [2.05, 4.69) is 24.6 Å². The van der Waals surface area contributed by atoms with Crippen LogP contribution in [0.15, 0.2) is 23.4 Å². The predicted octanol–water partition coefficient (Wildman–Crippen LogP) is 0.963. The molecule has 0 amide bonds. The quantitative estimate of drug-likeness (QED) is 0.714. The zero-order valence-electron chi connectivity index (χ0n) is 6.14. The summed E-state index contributed by atoms with van der Waals surface area (Å²) in [6.45, 7) is 0. The number of nitrogens with one attached hydrogen (secondary N) is 1. The van der Waals surface area contributed by atoms with Crippen LogP contribution >= 0.6 is 0 Å². The summed E-state index contributed by atoms with van der Waals surface area (Å²) in [5.74, 6) is 0.546. The highest BCUT2D eigenvalue weighted by molar-refractivity contribution is 5.63. The molecule has 0 aliphatic heterocycles. The van der Waals surface area contributed by atoms with E-state index < -0.39 is 0 Å². The first-order chi connectivity index (χ1) is 5.95. The molecule has 0 saturated carbocycles. The third kappa shape index (κ3) is 1.39. The molecule has 0 atom stereocenters. The summed E-state index contributed by atoms with van der Waals surface area (Å²) >= 11 is 0. The van der Waals surface area contributed by atoms with E-state index in [1.54, 1.807) is 18.6 Å². The fraction of sp³-hybridized carbons (Fsp3) is 0. The van der Waals surface area contributed by atoms with Gasteiger partial charge in [0.05, 0.1) is 18.2 Å². The summed E-state index contributed by atoms with van der Waals surface area (Å²) < 4.78 is 4.55. The maximum absolute atomic E-state index is 4.55. The van der Waals surface area contributed by atoms with Gasteiger partial charge in [0.15, 0.2) is 5.82 Å². The van der Waals surface area contributed by atoms with E-state index in [0.29, 0.717) is 5.82 Å². The van der Waals surface area contributed by atoms with Crippen LogP contribution in [0.5, 0.6) is 0 Å². The van der Waals surface area contributed by atoms with Crippen LogP contribution in [0.4, 0.5) is 0 Å². The molecule has 0 aliphatic rings. The summed E-state index contributed by atoms with van der Waals surface area (Å²) in [5, 5.41) is 3.61. The third-order valence-corrected chi connectivity index (χ3v) is 1.31. The minimum Gasteiger partial charge on any atom is -0.345 e. The number of hydrogen-bond acceptors (Lipinski definition) is 4. The van der Waals surface area contributed by atoms with Gasteiger partial charge in [-0.2, -0.15) is 4.98 Å². The first-order valence-electron chi connectivity index (χ1n) is 3.38. The maximum Gasteiger partial charge on any atom is 0.214 e. The van der Waals surface area contributed by atoms with Crippen molar-refractivity contribution in [3.63, 3.8) is 0 Å². The largest absolute Gasteiger partial charge is 0.345 e. The molecule has 0 bridgehead atoms. The first kappa shape index (κ1) is 6.78. The van der Waals surface area contributed by atoms with Crippen molar-refractivity contribution in [3.05, 3.63) is 30.4 Å². The van der Waals surface area contributed by atoms with Crippen molar-refractivity contribution in [3.8, 4) is 0 Å². The molecule has 0 saturated heterocycles. The van der Waals surface area contributed by atoms with E-state index in [1.807, 2.05) is 6.08 Å². The van der Waals surface area contributed by atoms with Crippen LogP contribution in [0.2, 0.25) is 0 Å². The van der Waals surface area contributed by atoms with Gasteiger partial charge in [-0.15, -0.1) is 0 Å². The van der Waals surface area contributed by atoms with Gasteiger partial charge in [-0.25, -0.2) is 4.98 Å². The summed E-state index contributed by atoms with van der Waals surface area (Å²) in [7, 11) is 0. The maximum atomic E-state index is 4.55. The molecule has 2 heterocycles. The fourth-order valence-electron chi connectivity index (χ4n) is 0.774. The molecular weight excluding hydrogens is 156 g/mol. The van der Waals surface area contributed by atoms with E-state index in [0.717, 1.165) is 5.69 Å². The second kappa shape index (κ2) is 3.00. The smallest absolute Gasteiger partial charge is 0.214 e. The van der Waals surface area contributed by atoms with Crippen molar-refractivity contribution < 1.29 is 4.52 Å². The van der Waals surface area contributed by atoms with Gasteiger partial charge < -0.3 is 9.51 Å². The highest BCUT2D eigenvalue weighted by atomic mass is 16.5. The summed E-state index contributed by atoms with van der Waals surface area (Å²) in [6.07, 6.45) is 8.15. The van der Waals surface area contributed by atoms with Gasteiger partial charge in [-0.05, 0) is 12.2 Å². The average molecular weight is 162 g/mol. The van der Waals surface area contributed by atoms with E-state index in [1.165, 1.54) is 6.39 Å². The monoisotopic (exact) mass is 162 g/mol. The number of H-pyrrole nitrogens is 1. The Labute approximate surface area is 68.1 Å². The molecule has 5 heteroatoms. The zero-order valence-corrected chi connectivity index (χ0v) is 6.14. The first-order valence-corrected chi connectivity index (χ1v) is 3.38. The standard InChI is InChI=1S/C7H6N4O/c1(6-3-8-4-9-6)2-7-10-5-12-11-7/h1-5H,(H,8,9)/b2-1+. The Morgan fingerprint density at radius 1 is 1.42 bits per heavy atom. The molecule has 2 aromatic heterocycles. The predicted molar refractivity (Wildman–Crippen MR) is 41.8 cm³/mol. The molecule has 2 aromatic rings. The second-order valence-corrected chi connectivity index (χ2v) is 2.13. The van der Waals surface area contributed by atoms with Crippen molar-refractivity contribution in [1.29, 1.82) is 0 Å². The van der Waals surface area contributed by atoms with Gasteiger partial charge in [-0.1, -0.05) is 5.16 Å². The molecule has 0 spiro atoms. The van der Waals surface area contributed by atoms with E-state index in [9.17, 15) is 0 Å². The van der Waals surface area contributed by atoms with Crippen LogP contribution in [0.3, 0.4) is 0 Å². The fourth-order valence-corrected chi connectivity index (χ4v) is 0.774. The van der Waals surface area contributed by atoms with E-state index in [4.69, 9.17) is 0 Å². The van der Waals surface area contributed by atoms with Crippen molar-refractivity contribution in [1.82, 2.24) is 20.1 Å². The Kier molecular flexibility index (Phi) is 1.69. The highest BCUT2D eigenvalue weighted by Crippen LogP contribution is 1.99. The van der Waals surface area contributed by atoms with Crippen LogP contribution in [-0.4, -0.2) is 20.1 Å². The lowest BCUT2D eigenvalue weighted by atomic mass is 10.4. The summed E-state index contributed by atoms with van der Waals surface area (Å²) in [4.78, 5) is 10.6. The molecule has 0 aliphatic carbocycles. The van der Waals surface area contributed by atoms with Crippen LogP contribution in [0, 0.1) is 0 Å². The van der Waals surface area contributed by atoms with Crippen molar-refractivity contribution in [2.75, 3.05) is 0 Å². The van der Waals surface area contributed by atoms with Crippen molar-refractivity contribution in [2.24, 2.45) is 0 Å². The van der Waals surface area contributed by atoms with Gasteiger partial charge in [0.1, 0.15) is 0 Å². The number of nitrogens with zero attached hydrogens (tertiary/aromatic N) is 3. The number of aromatic amines is 1. The van der Waals surface area contributed by atoms with Crippen LogP contribution in [-0.2, 0) is 0 Å². The average Bonchev–Trinajstić information content (AvgIpc) is 2.74. The topological polar surface area (TPSA) is 67.6 Å². The molecule has 0 unspecified atom stereocenters. The third-order valence-electron chi connectivity index (χ3n) is 1.31. The number of hydrogen-bond donors (Lipinski definition) is 1. The molecular formula is C7H6N4O. The Morgan fingerprint density at radius 3 is 3.08 bits per heavy atom. The molecule has 0 radical (unpaired) electrons. The summed E-state index contributed by atoms with van der Waals surface area (Å²) in [5.41, 5.74) is 0.903. The van der Waals surface area contributed by atoms with Gasteiger partial charge in [0, 0.05) is 0 Å². The Balaban J connectivity index is 2.14. The minimum atomic E-state index is 0.546. The number of imidazole rings is 1. The molecule has 2 rings (SSSR count).